The lowest BCUT2D eigenvalue weighted by Crippen LogP contribution is -2.24. The van der Waals surface area contributed by atoms with Crippen LogP contribution in [0.4, 0.5) is 0 Å². The van der Waals surface area contributed by atoms with Crippen LogP contribution in [-0.4, -0.2) is 11.7 Å². The van der Waals surface area contributed by atoms with Crippen molar-refractivity contribution in [1.29, 1.82) is 5.41 Å². The average Bonchev–Trinajstić information content (AvgIpc) is 3.11. The minimum Gasteiger partial charge on any atom is -0.384 e. The van der Waals surface area contributed by atoms with Gasteiger partial charge in [-0.25, -0.2) is 0 Å². The first-order valence-electron chi connectivity index (χ1n) is 5.48. The van der Waals surface area contributed by atoms with Gasteiger partial charge in [0.05, 0.1) is 5.02 Å². The summed E-state index contributed by atoms with van der Waals surface area (Å²) in [5, 5.41) is 10.7. The summed E-state index contributed by atoms with van der Waals surface area (Å²) < 4.78 is 0. The van der Waals surface area contributed by atoms with E-state index in [4.69, 9.17) is 22.7 Å². The fraction of sp³-hybridized carbons (Fsp3) is 0.333. The summed E-state index contributed by atoms with van der Waals surface area (Å²) in [6.45, 7) is 0.451. The Morgan fingerprint density at radius 1 is 1.53 bits per heavy atom. The maximum Gasteiger partial charge on any atom is 0.223 e. The van der Waals surface area contributed by atoms with Crippen LogP contribution >= 0.6 is 11.6 Å². The van der Waals surface area contributed by atoms with Gasteiger partial charge in [0.25, 0.3) is 0 Å². The van der Waals surface area contributed by atoms with Crippen LogP contribution in [0.2, 0.25) is 5.02 Å². The van der Waals surface area contributed by atoms with Crippen molar-refractivity contribution in [1.82, 2.24) is 5.32 Å². The van der Waals surface area contributed by atoms with Gasteiger partial charge in [-0.1, -0.05) is 17.7 Å². The second kappa shape index (κ2) is 4.75. The second-order valence-corrected chi connectivity index (χ2v) is 4.63. The fourth-order valence-electron chi connectivity index (χ4n) is 1.57. The third-order valence-corrected chi connectivity index (χ3v) is 3.07. The Hall–Kier alpha value is -1.55. The topological polar surface area (TPSA) is 79.0 Å². The van der Waals surface area contributed by atoms with Gasteiger partial charge in [0, 0.05) is 18.0 Å². The maximum atomic E-state index is 11.5. The number of amides is 1. The Morgan fingerprint density at radius 3 is 2.82 bits per heavy atom. The van der Waals surface area contributed by atoms with Gasteiger partial charge in [-0.05, 0) is 30.5 Å². The van der Waals surface area contributed by atoms with Crippen molar-refractivity contribution in [3.63, 3.8) is 0 Å². The van der Waals surface area contributed by atoms with Crippen molar-refractivity contribution >= 4 is 23.3 Å². The van der Waals surface area contributed by atoms with Crippen molar-refractivity contribution in [3.05, 3.63) is 34.3 Å². The number of carbonyl (C=O) groups is 1. The zero-order valence-corrected chi connectivity index (χ0v) is 10.1. The quantitative estimate of drug-likeness (QED) is 0.562. The number of benzene rings is 1. The van der Waals surface area contributed by atoms with Crippen LogP contribution in [-0.2, 0) is 11.3 Å². The molecule has 1 aromatic carbocycles. The molecule has 0 unspecified atom stereocenters. The molecule has 0 aromatic heterocycles. The molecular weight excluding hydrogens is 238 g/mol. The van der Waals surface area contributed by atoms with Gasteiger partial charge >= 0.3 is 0 Å². The predicted molar refractivity (Wildman–Crippen MR) is 67.0 cm³/mol. The molecule has 1 aliphatic rings. The molecule has 1 aromatic rings. The number of rotatable bonds is 4. The highest BCUT2D eigenvalue weighted by Gasteiger charge is 2.29. The molecule has 5 heteroatoms. The van der Waals surface area contributed by atoms with Crippen molar-refractivity contribution in [2.75, 3.05) is 0 Å². The van der Waals surface area contributed by atoms with E-state index in [0.29, 0.717) is 17.1 Å². The van der Waals surface area contributed by atoms with Crippen LogP contribution in [0.25, 0.3) is 0 Å². The highest BCUT2D eigenvalue weighted by atomic mass is 35.5. The number of hydrogen-bond acceptors (Lipinski definition) is 2. The second-order valence-electron chi connectivity index (χ2n) is 4.22. The van der Waals surface area contributed by atoms with E-state index in [9.17, 15) is 4.79 Å². The van der Waals surface area contributed by atoms with Gasteiger partial charge in [0.15, 0.2) is 0 Å². The Balaban J connectivity index is 2.03. The van der Waals surface area contributed by atoms with Gasteiger partial charge in [-0.3, -0.25) is 10.2 Å². The summed E-state index contributed by atoms with van der Waals surface area (Å²) in [6.07, 6.45) is 1.98. The number of halogens is 1. The lowest BCUT2D eigenvalue weighted by atomic mass is 10.1. The summed E-state index contributed by atoms with van der Waals surface area (Å²) in [7, 11) is 0. The number of amidine groups is 1. The molecule has 4 nitrogen and oxygen atoms in total. The van der Waals surface area contributed by atoms with E-state index < -0.39 is 0 Å². The summed E-state index contributed by atoms with van der Waals surface area (Å²) >= 11 is 5.91. The van der Waals surface area contributed by atoms with Crippen molar-refractivity contribution in [2.24, 2.45) is 11.7 Å². The van der Waals surface area contributed by atoms with Crippen LogP contribution in [0.3, 0.4) is 0 Å². The summed E-state index contributed by atoms with van der Waals surface area (Å²) in [5.41, 5.74) is 6.81. The normalized spacial score (nSPS) is 14.4. The predicted octanol–water partition coefficient (Wildman–Crippen LogP) is 1.65. The van der Waals surface area contributed by atoms with Crippen LogP contribution in [0.1, 0.15) is 24.0 Å². The molecule has 90 valence electrons. The molecule has 0 saturated heterocycles. The molecule has 0 aliphatic heterocycles. The molecule has 1 fully saturated rings. The number of nitrogen functional groups attached to an aromatic ring is 1. The zero-order valence-electron chi connectivity index (χ0n) is 9.29. The number of hydrogen-bond donors (Lipinski definition) is 3. The minimum absolute atomic E-state index is 0.0645. The number of nitrogens with two attached hydrogens (primary N) is 1. The monoisotopic (exact) mass is 251 g/mol. The molecule has 0 spiro atoms. The summed E-state index contributed by atoms with van der Waals surface area (Å²) in [5.74, 6) is 0.240. The third kappa shape index (κ3) is 2.97. The first-order chi connectivity index (χ1) is 8.08. The largest absolute Gasteiger partial charge is 0.384 e. The molecule has 4 N–H and O–H groups in total. The highest BCUT2D eigenvalue weighted by Crippen LogP contribution is 2.28. The van der Waals surface area contributed by atoms with Crippen molar-refractivity contribution < 1.29 is 4.79 Å². The van der Waals surface area contributed by atoms with Gasteiger partial charge in [-0.2, -0.15) is 0 Å². The molecular formula is C12H14ClN3O. The van der Waals surface area contributed by atoms with Gasteiger partial charge < -0.3 is 11.1 Å². The van der Waals surface area contributed by atoms with Crippen molar-refractivity contribution in [3.8, 4) is 0 Å². The molecule has 0 radical (unpaired) electrons. The molecule has 1 saturated carbocycles. The first-order valence-corrected chi connectivity index (χ1v) is 5.86. The van der Waals surface area contributed by atoms with Gasteiger partial charge in [-0.15, -0.1) is 0 Å². The van der Waals surface area contributed by atoms with E-state index in [-0.39, 0.29) is 17.7 Å². The average molecular weight is 252 g/mol. The smallest absolute Gasteiger partial charge is 0.223 e. The van der Waals surface area contributed by atoms with Crippen LogP contribution < -0.4 is 11.1 Å². The standard InChI is InChI=1S/C12H14ClN3O/c13-10-4-1-7(5-9(10)11(14)15)6-16-12(17)8-2-3-8/h1,4-5,8H,2-3,6H2,(H3,14,15)(H,16,17). The van der Waals surface area contributed by atoms with E-state index >= 15 is 0 Å². The van der Waals surface area contributed by atoms with E-state index in [1.54, 1.807) is 12.1 Å². The SMILES string of the molecule is N=C(N)c1cc(CNC(=O)C2CC2)ccc1Cl. The zero-order chi connectivity index (χ0) is 12.4. The fourth-order valence-corrected chi connectivity index (χ4v) is 1.79. The Kier molecular flexibility index (Phi) is 3.33. The first kappa shape index (κ1) is 11.9. The molecule has 1 amide bonds. The van der Waals surface area contributed by atoms with E-state index in [1.165, 1.54) is 0 Å². The third-order valence-electron chi connectivity index (χ3n) is 2.74. The van der Waals surface area contributed by atoms with Gasteiger partial charge in [0.2, 0.25) is 5.91 Å². The molecule has 2 rings (SSSR count). The summed E-state index contributed by atoms with van der Waals surface area (Å²) in [4.78, 5) is 11.5. The highest BCUT2D eigenvalue weighted by molar-refractivity contribution is 6.33. The van der Waals surface area contributed by atoms with E-state index in [0.717, 1.165) is 18.4 Å². The number of carbonyl (C=O) groups excluding carboxylic acids is 1. The lowest BCUT2D eigenvalue weighted by Gasteiger charge is -2.07. The minimum atomic E-state index is -0.0645. The maximum absolute atomic E-state index is 11.5. The molecule has 17 heavy (non-hydrogen) atoms. The lowest BCUT2D eigenvalue weighted by molar-refractivity contribution is -0.122. The summed E-state index contributed by atoms with van der Waals surface area (Å²) in [6, 6.07) is 5.25. The van der Waals surface area contributed by atoms with Crippen LogP contribution in [0.5, 0.6) is 0 Å². The van der Waals surface area contributed by atoms with E-state index in [1.807, 2.05) is 6.07 Å². The van der Waals surface area contributed by atoms with Gasteiger partial charge in [0.1, 0.15) is 5.84 Å². The van der Waals surface area contributed by atoms with Crippen LogP contribution in [0.15, 0.2) is 18.2 Å². The van der Waals surface area contributed by atoms with E-state index in [2.05, 4.69) is 5.32 Å². The number of nitrogens with one attached hydrogen (secondary N) is 2. The molecule has 0 atom stereocenters. The Bertz CT molecular complexity index is 469. The van der Waals surface area contributed by atoms with Crippen LogP contribution in [0, 0.1) is 11.3 Å². The Morgan fingerprint density at radius 2 is 2.24 bits per heavy atom. The van der Waals surface area contributed by atoms with Crippen molar-refractivity contribution in [2.45, 2.75) is 19.4 Å². The molecule has 0 bridgehead atoms. The molecule has 0 heterocycles. The molecule has 1 aliphatic carbocycles. The Labute approximate surface area is 105 Å².